The molecule has 0 N–H and O–H groups in total. The molecule has 2 aromatic heterocycles. The van der Waals surface area contributed by atoms with Crippen LogP contribution in [0.4, 0.5) is 0 Å². The number of benzene rings is 1. The molecule has 1 aliphatic rings. The molecular weight excluding hydrogens is 388 g/mol. The number of hydrogen-bond acceptors (Lipinski definition) is 4. The number of carbonyl (C=O) groups excluding carboxylic acids is 1. The molecule has 4 rings (SSSR count). The maximum absolute atomic E-state index is 13.7. The second-order valence-electron chi connectivity index (χ2n) is 9.60. The van der Waals surface area contributed by atoms with Crippen LogP contribution in [0.1, 0.15) is 79.8 Å². The third-order valence-electron chi connectivity index (χ3n) is 6.19. The topological polar surface area (TPSA) is 60.2 Å². The molecule has 6 nitrogen and oxygen atoms in total. The fourth-order valence-corrected chi connectivity index (χ4v) is 4.00. The van der Waals surface area contributed by atoms with Crippen LogP contribution in [0.5, 0.6) is 5.75 Å². The molecule has 0 bridgehead atoms. The zero-order chi connectivity index (χ0) is 22.5. The van der Waals surface area contributed by atoms with Gasteiger partial charge in [0.1, 0.15) is 5.75 Å². The maximum Gasteiger partial charge on any atom is 0.254 e. The Morgan fingerprint density at radius 2 is 1.87 bits per heavy atom. The molecule has 0 saturated heterocycles. The zero-order valence-electron chi connectivity index (χ0n) is 19.6. The highest BCUT2D eigenvalue weighted by Gasteiger charge is 2.31. The van der Waals surface area contributed by atoms with Crippen molar-refractivity contribution in [3.8, 4) is 5.75 Å². The first-order valence-electron chi connectivity index (χ1n) is 10.9. The van der Waals surface area contributed by atoms with Crippen molar-refractivity contribution in [2.45, 2.75) is 65.0 Å². The van der Waals surface area contributed by atoms with Crippen LogP contribution >= 0.6 is 0 Å². The summed E-state index contributed by atoms with van der Waals surface area (Å²) in [6.45, 7) is 10.4. The van der Waals surface area contributed by atoms with Gasteiger partial charge in [0.2, 0.25) is 0 Å². The molecule has 0 spiro atoms. The Morgan fingerprint density at radius 1 is 1.23 bits per heavy atom. The van der Waals surface area contributed by atoms with E-state index < -0.39 is 0 Å². The first-order chi connectivity index (χ1) is 14.6. The van der Waals surface area contributed by atoms with Gasteiger partial charge in [0.25, 0.3) is 5.91 Å². The predicted octanol–water partition coefficient (Wildman–Crippen LogP) is 5.21. The van der Waals surface area contributed by atoms with Crippen LogP contribution in [0.2, 0.25) is 0 Å². The molecule has 3 aromatic rings. The first kappa shape index (κ1) is 21.3. The summed E-state index contributed by atoms with van der Waals surface area (Å²) in [4.78, 5) is 20.5. The minimum Gasteiger partial charge on any atom is -0.497 e. The molecule has 1 fully saturated rings. The summed E-state index contributed by atoms with van der Waals surface area (Å²) >= 11 is 0. The fourth-order valence-electron chi connectivity index (χ4n) is 4.00. The molecule has 1 aromatic carbocycles. The monoisotopic (exact) mass is 420 g/mol. The lowest BCUT2D eigenvalue weighted by Crippen LogP contribution is -2.30. The smallest absolute Gasteiger partial charge is 0.254 e. The third kappa shape index (κ3) is 3.91. The van der Waals surface area contributed by atoms with Gasteiger partial charge in [-0.25, -0.2) is 9.67 Å². The molecule has 1 aliphatic carbocycles. The van der Waals surface area contributed by atoms with Gasteiger partial charge in [-0.1, -0.05) is 12.1 Å². The Bertz CT molecular complexity index is 1120. The Labute approximate surface area is 184 Å². The molecule has 1 unspecified atom stereocenters. The van der Waals surface area contributed by atoms with E-state index in [-0.39, 0.29) is 17.5 Å². The number of aromatic nitrogens is 3. The number of amides is 1. The molecule has 0 radical (unpaired) electrons. The molecule has 2 heterocycles. The molecular formula is C25H32N4O2. The second-order valence-corrected chi connectivity index (χ2v) is 9.60. The molecule has 1 atom stereocenters. The standard InChI is InChI=1S/C25H32N4O2/c1-15-22-20(24(30)28(6)16(2)17-10-12-19(31-7)13-11-17)14-21(18-8-9-18)26-23(22)29(27-15)25(3,4)5/h10-14,16,18H,8-9H2,1-7H3. The summed E-state index contributed by atoms with van der Waals surface area (Å²) in [5, 5.41) is 5.64. The predicted molar refractivity (Wildman–Crippen MR) is 123 cm³/mol. The minimum absolute atomic E-state index is 0.00539. The van der Waals surface area contributed by atoms with Gasteiger partial charge in [0, 0.05) is 18.7 Å². The molecule has 164 valence electrons. The zero-order valence-corrected chi connectivity index (χ0v) is 19.6. The number of hydrogen-bond donors (Lipinski definition) is 0. The van der Waals surface area contributed by atoms with Crippen LogP contribution < -0.4 is 4.74 Å². The average molecular weight is 421 g/mol. The number of pyridine rings is 1. The highest BCUT2D eigenvalue weighted by molar-refractivity contribution is 6.06. The van der Waals surface area contributed by atoms with Crippen molar-refractivity contribution in [1.29, 1.82) is 0 Å². The van der Waals surface area contributed by atoms with Gasteiger partial charge in [-0.05, 0) is 71.2 Å². The van der Waals surface area contributed by atoms with E-state index in [1.807, 2.05) is 55.9 Å². The van der Waals surface area contributed by atoms with Gasteiger partial charge < -0.3 is 9.64 Å². The van der Waals surface area contributed by atoms with Crippen molar-refractivity contribution >= 4 is 16.9 Å². The molecule has 6 heteroatoms. The summed E-state index contributed by atoms with van der Waals surface area (Å²) < 4.78 is 7.23. The highest BCUT2D eigenvalue weighted by Crippen LogP contribution is 2.41. The Balaban J connectivity index is 1.78. The lowest BCUT2D eigenvalue weighted by atomic mass is 10.0. The van der Waals surface area contributed by atoms with Crippen LogP contribution in [-0.4, -0.2) is 39.7 Å². The summed E-state index contributed by atoms with van der Waals surface area (Å²) in [6.07, 6.45) is 2.26. The maximum atomic E-state index is 13.7. The van der Waals surface area contributed by atoms with Crippen LogP contribution in [-0.2, 0) is 5.54 Å². The van der Waals surface area contributed by atoms with Crippen LogP contribution in [0.15, 0.2) is 30.3 Å². The van der Waals surface area contributed by atoms with E-state index in [1.54, 1.807) is 12.0 Å². The van der Waals surface area contributed by atoms with E-state index in [0.29, 0.717) is 11.5 Å². The number of methoxy groups -OCH3 is 1. The second kappa shape index (κ2) is 7.66. The largest absolute Gasteiger partial charge is 0.497 e. The lowest BCUT2D eigenvalue weighted by molar-refractivity contribution is 0.0744. The minimum atomic E-state index is -0.218. The van der Waals surface area contributed by atoms with E-state index in [1.165, 1.54) is 0 Å². The van der Waals surface area contributed by atoms with E-state index in [0.717, 1.165) is 46.6 Å². The number of carbonyl (C=O) groups is 1. The van der Waals surface area contributed by atoms with Crippen molar-refractivity contribution in [3.05, 3.63) is 52.8 Å². The summed E-state index contributed by atoms with van der Waals surface area (Å²) in [6, 6.07) is 9.79. The van der Waals surface area contributed by atoms with Gasteiger partial charge in [-0.15, -0.1) is 0 Å². The fraction of sp³-hybridized carbons (Fsp3) is 0.480. The molecule has 0 aliphatic heterocycles. The molecule has 1 saturated carbocycles. The third-order valence-corrected chi connectivity index (χ3v) is 6.19. The Hall–Kier alpha value is -2.89. The summed E-state index contributed by atoms with van der Waals surface area (Å²) in [7, 11) is 3.52. The highest BCUT2D eigenvalue weighted by atomic mass is 16.5. The lowest BCUT2D eigenvalue weighted by Gasteiger charge is -2.26. The van der Waals surface area contributed by atoms with Crippen molar-refractivity contribution in [2.75, 3.05) is 14.2 Å². The van der Waals surface area contributed by atoms with Crippen LogP contribution in [0.25, 0.3) is 11.0 Å². The number of fused-ring (bicyclic) bond motifs is 1. The number of aryl methyl sites for hydroxylation is 1. The van der Waals surface area contributed by atoms with Gasteiger partial charge >= 0.3 is 0 Å². The number of rotatable bonds is 5. The number of ether oxygens (including phenoxy) is 1. The van der Waals surface area contributed by atoms with Crippen LogP contribution in [0, 0.1) is 6.92 Å². The van der Waals surface area contributed by atoms with Crippen LogP contribution in [0.3, 0.4) is 0 Å². The average Bonchev–Trinajstić information content (AvgIpc) is 3.54. The van der Waals surface area contributed by atoms with Crippen molar-refractivity contribution < 1.29 is 9.53 Å². The van der Waals surface area contributed by atoms with Crippen molar-refractivity contribution in [2.24, 2.45) is 0 Å². The normalized spacial score (nSPS) is 15.2. The molecule has 1 amide bonds. The van der Waals surface area contributed by atoms with E-state index in [4.69, 9.17) is 14.8 Å². The van der Waals surface area contributed by atoms with Gasteiger partial charge in [0.15, 0.2) is 5.65 Å². The van der Waals surface area contributed by atoms with E-state index in [2.05, 4.69) is 20.8 Å². The first-order valence-corrected chi connectivity index (χ1v) is 10.9. The van der Waals surface area contributed by atoms with Gasteiger partial charge in [-0.2, -0.15) is 5.10 Å². The van der Waals surface area contributed by atoms with Gasteiger partial charge in [0.05, 0.1) is 35.3 Å². The number of nitrogens with zero attached hydrogens (tertiary/aromatic N) is 4. The van der Waals surface area contributed by atoms with Gasteiger partial charge in [-0.3, -0.25) is 4.79 Å². The Kier molecular flexibility index (Phi) is 5.28. The molecule has 31 heavy (non-hydrogen) atoms. The van der Waals surface area contributed by atoms with E-state index in [9.17, 15) is 4.79 Å². The summed E-state index contributed by atoms with van der Waals surface area (Å²) in [5.41, 5.74) is 4.20. The van der Waals surface area contributed by atoms with Crippen molar-refractivity contribution in [1.82, 2.24) is 19.7 Å². The SMILES string of the molecule is COc1ccc(C(C)N(C)C(=O)c2cc(C3CC3)nc3c2c(C)nn3C(C)(C)C)cc1. The quantitative estimate of drug-likeness (QED) is 0.568. The summed E-state index contributed by atoms with van der Waals surface area (Å²) in [5.74, 6) is 1.25. The van der Waals surface area contributed by atoms with Crippen molar-refractivity contribution in [3.63, 3.8) is 0 Å². The van der Waals surface area contributed by atoms with E-state index >= 15 is 0 Å². The Morgan fingerprint density at radius 3 is 2.42 bits per heavy atom.